The molecular formula is C28H38N2O4. The second-order valence-corrected chi connectivity index (χ2v) is 9.18. The lowest BCUT2D eigenvalue weighted by Crippen LogP contribution is -2.52. The zero-order valence-corrected chi connectivity index (χ0v) is 20.9. The van der Waals surface area contributed by atoms with Crippen LogP contribution in [0.4, 0.5) is 0 Å². The molecular weight excluding hydrogens is 428 g/mol. The zero-order chi connectivity index (χ0) is 24.5. The van der Waals surface area contributed by atoms with E-state index < -0.39 is 6.04 Å². The number of carbonyl (C=O) groups excluding carboxylic acids is 2. The molecule has 6 nitrogen and oxygen atoms in total. The Hall–Kier alpha value is -3.02. The van der Waals surface area contributed by atoms with Crippen molar-refractivity contribution in [2.45, 2.75) is 77.9 Å². The fraction of sp³-hybridized carbons (Fsp3) is 0.500. The number of ether oxygens (including phenoxy) is 2. The Balaban J connectivity index is 1.77. The van der Waals surface area contributed by atoms with E-state index in [9.17, 15) is 9.59 Å². The van der Waals surface area contributed by atoms with Crippen LogP contribution in [0.25, 0.3) is 0 Å². The molecule has 0 aromatic heterocycles. The third-order valence-electron chi connectivity index (χ3n) is 6.67. The number of aryl methyl sites for hydroxylation is 2. The van der Waals surface area contributed by atoms with Crippen LogP contribution in [0.15, 0.2) is 42.5 Å². The molecule has 2 aromatic carbocycles. The Bertz CT molecular complexity index is 969. The molecule has 1 fully saturated rings. The van der Waals surface area contributed by atoms with Crippen LogP contribution in [-0.2, 0) is 16.1 Å². The van der Waals surface area contributed by atoms with Crippen molar-refractivity contribution < 1.29 is 19.1 Å². The molecule has 1 aliphatic rings. The van der Waals surface area contributed by atoms with Gasteiger partial charge in [-0.05, 0) is 74.1 Å². The van der Waals surface area contributed by atoms with Crippen molar-refractivity contribution in [3.8, 4) is 11.5 Å². The summed E-state index contributed by atoms with van der Waals surface area (Å²) in [6.07, 6.45) is 6.03. The van der Waals surface area contributed by atoms with Crippen LogP contribution in [0.1, 0.15) is 62.1 Å². The predicted octanol–water partition coefficient (Wildman–Crippen LogP) is 4.95. The fourth-order valence-corrected chi connectivity index (χ4v) is 4.46. The van der Waals surface area contributed by atoms with Gasteiger partial charge in [-0.3, -0.25) is 9.59 Å². The summed E-state index contributed by atoms with van der Waals surface area (Å²) in [6, 6.07) is 13.0. The van der Waals surface area contributed by atoms with Crippen molar-refractivity contribution in [3.63, 3.8) is 0 Å². The van der Waals surface area contributed by atoms with E-state index in [1.807, 2.05) is 63.2 Å². The molecule has 1 aliphatic carbocycles. The standard InChI is InChI=1S/C28H38N2O4/c1-5-26(28(32)29-23-11-7-6-8-12-23)30(18-22-10-9-13-24(17-22)33-4)27(31)19-34-25-15-14-20(2)21(3)16-25/h9-10,13-17,23,26H,5-8,11-12,18-19H2,1-4H3,(H,29,32)/t26-/m1/s1. The highest BCUT2D eigenvalue weighted by molar-refractivity contribution is 5.88. The van der Waals surface area contributed by atoms with E-state index in [4.69, 9.17) is 9.47 Å². The molecule has 0 bridgehead atoms. The van der Waals surface area contributed by atoms with Gasteiger partial charge in [0.1, 0.15) is 17.5 Å². The van der Waals surface area contributed by atoms with Crippen LogP contribution in [0.3, 0.4) is 0 Å². The number of carbonyl (C=O) groups is 2. The highest BCUT2D eigenvalue weighted by atomic mass is 16.5. The zero-order valence-electron chi connectivity index (χ0n) is 20.9. The molecule has 184 valence electrons. The molecule has 1 saturated carbocycles. The maximum Gasteiger partial charge on any atom is 0.261 e. The lowest BCUT2D eigenvalue weighted by molar-refractivity contribution is -0.143. The molecule has 6 heteroatoms. The first-order valence-corrected chi connectivity index (χ1v) is 12.3. The second kappa shape index (κ2) is 12.4. The monoisotopic (exact) mass is 466 g/mol. The van der Waals surface area contributed by atoms with Gasteiger partial charge in [0, 0.05) is 12.6 Å². The van der Waals surface area contributed by atoms with Gasteiger partial charge in [0.15, 0.2) is 6.61 Å². The Morgan fingerprint density at radius 3 is 2.47 bits per heavy atom. The number of benzene rings is 2. The molecule has 34 heavy (non-hydrogen) atoms. The molecule has 3 rings (SSSR count). The van der Waals surface area contributed by atoms with Gasteiger partial charge in [0.2, 0.25) is 5.91 Å². The SMILES string of the molecule is CC[C@H](C(=O)NC1CCCCC1)N(Cc1cccc(OC)c1)C(=O)COc1ccc(C)c(C)c1. The normalized spacial score (nSPS) is 14.8. The van der Waals surface area contributed by atoms with Crippen LogP contribution in [0.2, 0.25) is 0 Å². The van der Waals surface area contributed by atoms with Gasteiger partial charge in [0.05, 0.1) is 7.11 Å². The molecule has 1 atom stereocenters. The predicted molar refractivity (Wildman–Crippen MR) is 134 cm³/mol. The fourth-order valence-electron chi connectivity index (χ4n) is 4.46. The van der Waals surface area contributed by atoms with Crippen molar-refractivity contribution in [2.24, 2.45) is 0 Å². The first-order valence-electron chi connectivity index (χ1n) is 12.3. The lowest BCUT2D eigenvalue weighted by atomic mass is 9.95. The quantitative estimate of drug-likeness (QED) is 0.538. The van der Waals surface area contributed by atoms with Gasteiger partial charge in [-0.15, -0.1) is 0 Å². The number of amides is 2. The van der Waals surface area contributed by atoms with Gasteiger partial charge >= 0.3 is 0 Å². The van der Waals surface area contributed by atoms with Crippen LogP contribution >= 0.6 is 0 Å². The molecule has 0 aliphatic heterocycles. The van der Waals surface area contributed by atoms with Crippen LogP contribution in [0.5, 0.6) is 11.5 Å². The van der Waals surface area contributed by atoms with E-state index in [0.29, 0.717) is 18.7 Å². The summed E-state index contributed by atoms with van der Waals surface area (Å²) in [7, 11) is 1.62. The van der Waals surface area contributed by atoms with Crippen molar-refractivity contribution in [3.05, 3.63) is 59.2 Å². The van der Waals surface area contributed by atoms with Gasteiger partial charge < -0.3 is 19.7 Å². The van der Waals surface area contributed by atoms with Crippen molar-refractivity contribution >= 4 is 11.8 Å². The van der Waals surface area contributed by atoms with Gasteiger partial charge in [-0.1, -0.05) is 44.4 Å². The molecule has 0 heterocycles. The topological polar surface area (TPSA) is 67.9 Å². The summed E-state index contributed by atoms with van der Waals surface area (Å²) in [5.41, 5.74) is 3.18. The number of hydrogen-bond acceptors (Lipinski definition) is 4. The summed E-state index contributed by atoms with van der Waals surface area (Å²) >= 11 is 0. The lowest BCUT2D eigenvalue weighted by Gasteiger charge is -2.32. The van der Waals surface area contributed by atoms with Crippen molar-refractivity contribution in [1.82, 2.24) is 10.2 Å². The first kappa shape index (κ1) is 25.6. The Morgan fingerprint density at radius 2 is 1.79 bits per heavy atom. The van der Waals surface area contributed by atoms with Crippen LogP contribution in [-0.4, -0.2) is 42.5 Å². The summed E-state index contributed by atoms with van der Waals surface area (Å²) in [5, 5.41) is 3.20. The highest BCUT2D eigenvalue weighted by Gasteiger charge is 2.30. The summed E-state index contributed by atoms with van der Waals surface area (Å²) < 4.78 is 11.2. The van der Waals surface area contributed by atoms with Gasteiger partial charge in [0.25, 0.3) is 5.91 Å². The molecule has 2 aromatic rings. The van der Waals surface area contributed by atoms with E-state index in [1.165, 1.54) is 12.0 Å². The molecule has 2 amide bonds. The molecule has 1 N–H and O–H groups in total. The summed E-state index contributed by atoms with van der Waals surface area (Å²) in [4.78, 5) is 28.3. The van der Waals surface area contributed by atoms with E-state index in [0.717, 1.165) is 42.6 Å². The smallest absolute Gasteiger partial charge is 0.261 e. The van der Waals surface area contributed by atoms with E-state index >= 15 is 0 Å². The molecule has 0 unspecified atom stereocenters. The van der Waals surface area contributed by atoms with E-state index in [1.54, 1.807) is 12.0 Å². The molecule has 0 radical (unpaired) electrons. The van der Waals surface area contributed by atoms with Gasteiger partial charge in [-0.25, -0.2) is 0 Å². The van der Waals surface area contributed by atoms with E-state index in [2.05, 4.69) is 5.32 Å². The maximum absolute atomic E-state index is 13.4. The number of methoxy groups -OCH3 is 1. The average molecular weight is 467 g/mol. The molecule has 0 saturated heterocycles. The minimum atomic E-state index is -0.566. The largest absolute Gasteiger partial charge is 0.497 e. The Morgan fingerprint density at radius 1 is 1.03 bits per heavy atom. The third kappa shape index (κ3) is 6.99. The highest BCUT2D eigenvalue weighted by Crippen LogP contribution is 2.21. The van der Waals surface area contributed by atoms with Crippen molar-refractivity contribution in [2.75, 3.05) is 13.7 Å². The van der Waals surface area contributed by atoms with Crippen LogP contribution in [0, 0.1) is 13.8 Å². The number of nitrogens with one attached hydrogen (secondary N) is 1. The molecule has 0 spiro atoms. The maximum atomic E-state index is 13.4. The van der Waals surface area contributed by atoms with E-state index in [-0.39, 0.29) is 24.5 Å². The van der Waals surface area contributed by atoms with Gasteiger partial charge in [-0.2, -0.15) is 0 Å². The first-order chi connectivity index (χ1) is 16.4. The number of nitrogens with zero attached hydrogens (tertiary/aromatic N) is 1. The van der Waals surface area contributed by atoms with Crippen molar-refractivity contribution in [1.29, 1.82) is 0 Å². The minimum absolute atomic E-state index is 0.0863. The average Bonchev–Trinajstić information content (AvgIpc) is 2.85. The van der Waals surface area contributed by atoms with Crippen LogP contribution < -0.4 is 14.8 Å². The Labute approximate surface area is 203 Å². The minimum Gasteiger partial charge on any atom is -0.497 e. The third-order valence-corrected chi connectivity index (χ3v) is 6.67. The summed E-state index contributed by atoms with van der Waals surface area (Å²) in [6.45, 7) is 6.18. The number of hydrogen-bond donors (Lipinski definition) is 1. The Kier molecular flexibility index (Phi) is 9.37. The number of rotatable bonds is 10. The second-order valence-electron chi connectivity index (χ2n) is 9.18. The summed E-state index contributed by atoms with van der Waals surface area (Å²) in [5.74, 6) is 1.07.